The Bertz CT molecular complexity index is 921. The van der Waals surface area contributed by atoms with Crippen LogP contribution in [-0.4, -0.2) is 69.6 Å². The standard InChI is InChI=1S/C21H27N5O3S/c1-20(2)5-16(20)18(27)26-11-21(12-26)10-25(19(28)17-6-22-13-30-17)7-14(21)8-29-9-15-3-4-23-24-15/h3-4,6,13-14,16H,5,7-12H2,1-2H3,(H,23,24)/t14-,16+/m0/s1. The summed E-state index contributed by atoms with van der Waals surface area (Å²) in [6, 6.07) is 1.89. The minimum atomic E-state index is -0.0803. The zero-order valence-electron chi connectivity index (χ0n) is 17.3. The molecule has 2 saturated heterocycles. The minimum Gasteiger partial charge on any atom is -0.375 e. The molecule has 2 atom stereocenters. The van der Waals surface area contributed by atoms with Gasteiger partial charge in [0.2, 0.25) is 5.91 Å². The summed E-state index contributed by atoms with van der Waals surface area (Å²) in [5.41, 5.74) is 2.67. The number of hydrogen-bond acceptors (Lipinski definition) is 6. The van der Waals surface area contributed by atoms with Crippen molar-refractivity contribution in [3.8, 4) is 0 Å². The molecule has 3 aliphatic rings. The van der Waals surface area contributed by atoms with Crippen LogP contribution in [0, 0.1) is 22.7 Å². The lowest BCUT2D eigenvalue weighted by Gasteiger charge is -2.51. The summed E-state index contributed by atoms with van der Waals surface area (Å²) >= 11 is 1.37. The van der Waals surface area contributed by atoms with Crippen molar-refractivity contribution in [1.29, 1.82) is 0 Å². The molecular formula is C21H27N5O3S. The van der Waals surface area contributed by atoms with Crippen molar-refractivity contribution in [3.05, 3.63) is 34.5 Å². The summed E-state index contributed by atoms with van der Waals surface area (Å²) in [5.74, 6) is 0.658. The van der Waals surface area contributed by atoms with Gasteiger partial charge in [0.25, 0.3) is 5.91 Å². The maximum Gasteiger partial charge on any atom is 0.265 e. The Labute approximate surface area is 179 Å². The van der Waals surface area contributed by atoms with Crippen LogP contribution in [-0.2, 0) is 16.1 Å². The average molecular weight is 430 g/mol. The number of aromatic amines is 1. The van der Waals surface area contributed by atoms with Gasteiger partial charge in [-0.2, -0.15) is 5.10 Å². The van der Waals surface area contributed by atoms with Gasteiger partial charge in [-0.1, -0.05) is 13.8 Å². The molecule has 9 heteroatoms. The van der Waals surface area contributed by atoms with Crippen molar-refractivity contribution in [2.45, 2.75) is 26.9 Å². The SMILES string of the molecule is CC1(C)C[C@@H]1C(=O)N1CC2(CN(C(=O)c3cncs3)C[C@H]2COCc2ccn[nH]2)C1. The van der Waals surface area contributed by atoms with Gasteiger partial charge in [0.05, 0.1) is 30.6 Å². The second-order valence-electron chi connectivity index (χ2n) is 9.65. The van der Waals surface area contributed by atoms with E-state index in [1.54, 1.807) is 17.9 Å². The number of nitrogens with one attached hydrogen (secondary N) is 1. The quantitative estimate of drug-likeness (QED) is 0.759. The van der Waals surface area contributed by atoms with Crippen LogP contribution in [0.25, 0.3) is 0 Å². The number of ether oxygens (including phenoxy) is 1. The zero-order chi connectivity index (χ0) is 20.9. The summed E-state index contributed by atoms with van der Waals surface area (Å²) < 4.78 is 5.98. The van der Waals surface area contributed by atoms with Gasteiger partial charge in [0.1, 0.15) is 4.88 Å². The topological polar surface area (TPSA) is 91.4 Å². The van der Waals surface area contributed by atoms with E-state index in [1.165, 1.54) is 11.3 Å². The van der Waals surface area contributed by atoms with Gasteiger partial charge in [0, 0.05) is 49.6 Å². The van der Waals surface area contributed by atoms with Crippen LogP contribution in [0.4, 0.5) is 0 Å². The van der Waals surface area contributed by atoms with Gasteiger partial charge >= 0.3 is 0 Å². The molecule has 2 aliphatic heterocycles. The van der Waals surface area contributed by atoms with Gasteiger partial charge in [-0.3, -0.25) is 19.7 Å². The number of hydrogen-bond donors (Lipinski definition) is 1. The van der Waals surface area contributed by atoms with Crippen LogP contribution >= 0.6 is 11.3 Å². The summed E-state index contributed by atoms with van der Waals surface area (Å²) in [6.07, 6.45) is 4.32. The predicted octanol–water partition coefficient (Wildman–Crippen LogP) is 2.03. The number of carbonyl (C=O) groups is 2. The molecule has 0 unspecified atom stereocenters. The number of carbonyl (C=O) groups excluding carboxylic acids is 2. The molecule has 1 aliphatic carbocycles. The maximum absolute atomic E-state index is 12.9. The van der Waals surface area contributed by atoms with Gasteiger partial charge in [-0.05, 0) is 17.9 Å². The van der Waals surface area contributed by atoms with Gasteiger partial charge < -0.3 is 14.5 Å². The van der Waals surface area contributed by atoms with E-state index in [0.29, 0.717) is 44.3 Å². The van der Waals surface area contributed by atoms with Gasteiger partial charge in [-0.25, -0.2) is 0 Å². The third kappa shape index (κ3) is 3.43. The van der Waals surface area contributed by atoms with E-state index >= 15 is 0 Å². The minimum absolute atomic E-state index is 0.0287. The first-order valence-electron chi connectivity index (χ1n) is 10.4. The molecular weight excluding hydrogens is 402 g/mol. The van der Waals surface area contributed by atoms with E-state index in [9.17, 15) is 9.59 Å². The van der Waals surface area contributed by atoms with E-state index in [4.69, 9.17) is 4.74 Å². The lowest BCUT2D eigenvalue weighted by Crippen LogP contribution is -2.63. The van der Waals surface area contributed by atoms with Crippen LogP contribution in [0.3, 0.4) is 0 Å². The molecule has 30 heavy (non-hydrogen) atoms. The highest BCUT2D eigenvalue weighted by atomic mass is 32.1. The Balaban J connectivity index is 1.26. The first kappa shape index (κ1) is 19.7. The Morgan fingerprint density at radius 3 is 2.70 bits per heavy atom. The highest BCUT2D eigenvalue weighted by Gasteiger charge is 2.60. The van der Waals surface area contributed by atoms with Gasteiger partial charge in [-0.15, -0.1) is 11.3 Å². The molecule has 1 spiro atoms. The van der Waals surface area contributed by atoms with Crippen molar-refractivity contribution in [2.24, 2.45) is 22.7 Å². The Hall–Kier alpha value is -2.26. The third-order valence-corrected chi connectivity index (χ3v) is 7.77. The number of aromatic nitrogens is 3. The molecule has 160 valence electrons. The second kappa shape index (κ2) is 7.16. The lowest BCUT2D eigenvalue weighted by molar-refractivity contribution is -0.148. The van der Waals surface area contributed by atoms with E-state index in [2.05, 4.69) is 29.0 Å². The Morgan fingerprint density at radius 2 is 2.07 bits per heavy atom. The van der Waals surface area contributed by atoms with Gasteiger partial charge in [0.15, 0.2) is 0 Å². The average Bonchev–Trinajstić information content (AvgIpc) is 3.23. The van der Waals surface area contributed by atoms with E-state index in [1.807, 2.05) is 15.9 Å². The maximum atomic E-state index is 12.9. The zero-order valence-corrected chi connectivity index (χ0v) is 18.2. The molecule has 2 amide bonds. The third-order valence-electron chi connectivity index (χ3n) is 7.01. The monoisotopic (exact) mass is 429 g/mol. The summed E-state index contributed by atoms with van der Waals surface area (Å²) in [6.45, 7) is 8.07. The molecule has 4 heterocycles. The van der Waals surface area contributed by atoms with Crippen molar-refractivity contribution in [3.63, 3.8) is 0 Å². The molecule has 8 nitrogen and oxygen atoms in total. The first-order chi connectivity index (χ1) is 14.4. The first-order valence-corrected chi connectivity index (χ1v) is 11.3. The lowest BCUT2D eigenvalue weighted by atomic mass is 9.71. The second-order valence-corrected chi connectivity index (χ2v) is 10.5. The summed E-state index contributed by atoms with van der Waals surface area (Å²) in [4.78, 5) is 34.4. The molecule has 1 N–H and O–H groups in total. The molecule has 5 rings (SSSR count). The normalized spacial score (nSPS) is 26.1. The number of rotatable bonds is 6. The fraction of sp³-hybridized carbons (Fsp3) is 0.619. The highest BCUT2D eigenvalue weighted by Crippen LogP contribution is 2.54. The largest absolute Gasteiger partial charge is 0.375 e. The Kier molecular flexibility index (Phi) is 4.70. The van der Waals surface area contributed by atoms with Crippen LogP contribution in [0.15, 0.2) is 24.0 Å². The van der Waals surface area contributed by atoms with Crippen molar-refractivity contribution in [2.75, 3.05) is 32.8 Å². The highest BCUT2D eigenvalue weighted by molar-refractivity contribution is 7.11. The molecule has 1 saturated carbocycles. The van der Waals surface area contributed by atoms with E-state index in [-0.39, 0.29) is 34.5 Å². The summed E-state index contributed by atoms with van der Waals surface area (Å²) in [5, 5.41) is 6.86. The molecule has 2 aromatic rings. The van der Waals surface area contributed by atoms with Crippen LogP contribution < -0.4 is 0 Å². The molecule has 3 fully saturated rings. The van der Waals surface area contributed by atoms with Crippen molar-refractivity contribution < 1.29 is 14.3 Å². The van der Waals surface area contributed by atoms with Crippen LogP contribution in [0.2, 0.25) is 0 Å². The summed E-state index contributed by atoms with van der Waals surface area (Å²) in [7, 11) is 0. The Morgan fingerprint density at radius 1 is 1.30 bits per heavy atom. The smallest absolute Gasteiger partial charge is 0.265 e. The molecule has 2 aromatic heterocycles. The van der Waals surface area contributed by atoms with Crippen LogP contribution in [0.5, 0.6) is 0 Å². The predicted molar refractivity (Wildman–Crippen MR) is 111 cm³/mol. The van der Waals surface area contributed by atoms with E-state index in [0.717, 1.165) is 12.1 Å². The number of nitrogens with zero attached hydrogens (tertiary/aromatic N) is 4. The van der Waals surface area contributed by atoms with Crippen LogP contribution in [0.1, 0.15) is 35.6 Å². The fourth-order valence-electron chi connectivity index (χ4n) is 4.91. The molecule has 0 radical (unpaired) electrons. The fourth-order valence-corrected chi connectivity index (χ4v) is 5.50. The van der Waals surface area contributed by atoms with Crippen molar-refractivity contribution in [1.82, 2.24) is 25.0 Å². The molecule has 0 bridgehead atoms. The number of likely N-dealkylation sites (tertiary alicyclic amines) is 2. The number of thiazole rings is 1. The number of amides is 2. The van der Waals surface area contributed by atoms with E-state index < -0.39 is 0 Å². The molecule has 0 aromatic carbocycles. The number of H-pyrrole nitrogens is 1. The van der Waals surface area contributed by atoms with Crippen molar-refractivity contribution >= 4 is 23.2 Å².